The van der Waals surface area contributed by atoms with E-state index in [4.69, 9.17) is 0 Å². The molecule has 0 bridgehead atoms. The Kier molecular flexibility index (Phi) is 4.22. The number of hydrogen-bond donors (Lipinski definition) is 0. The van der Waals surface area contributed by atoms with Gasteiger partial charge in [-0.15, -0.1) is 0 Å². The van der Waals surface area contributed by atoms with Crippen LogP contribution in [-0.4, -0.2) is 38.2 Å². The zero-order valence-corrected chi connectivity index (χ0v) is 16.8. The number of aryl methyl sites for hydroxylation is 1. The minimum Gasteiger partial charge on any atom is -0.342 e. The molecule has 2 aromatic rings. The van der Waals surface area contributed by atoms with Crippen LogP contribution in [0.2, 0.25) is 0 Å². The zero-order valence-electron chi connectivity index (χ0n) is 16.8. The van der Waals surface area contributed by atoms with Gasteiger partial charge in [0.05, 0.1) is 6.42 Å². The Bertz CT molecular complexity index is 1100. The van der Waals surface area contributed by atoms with E-state index in [2.05, 4.69) is 5.10 Å². The normalized spacial score (nSPS) is 23.0. The monoisotopic (exact) mass is 394 g/mol. The summed E-state index contributed by atoms with van der Waals surface area (Å²) in [7, 11) is 0. The molecule has 1 spiro atoms. The molecular weight excluding hydrogens is 368 g/mol. The summed E-state index contributed by atoms with van der Waals surface area (Å²) >= 11 is 0. The van der Waals surface area contributed by atoms with Crippen molar-refractivity contribution in [1.29, 1.82) is 0 Å². The highest BCUT2D eigenvalue weighted by atomic mass is 16.2. The van der Waals surface area contributed by atoms with E-state index >= 15 is 0 Å². The third-order valence-corrected chi connectivity index (χ3v) is 6.76. The van der Waals surface area contributed by atoms with Crippen molar-refractivity contribution in [2.24, 2.45) is 11.3 Å². The van der Waals surface area contributed by atoms with Crippen molar-refractivity contribution in [3.63, 3.8) is 0 Å². The lowest BCUT2D eigenvalue weighted by Gasteiger charge is -2.23. The second-order valence-corrected chi connectivity index (χ2v) is 9.08. The van der Waals surface area contributed by atoms with Crippen LogP contribution >= 0.6 is 0 Å². The molecule has 29 heavy (non-hydrogen) atoms. The molecule has 1 amide bonds. The number of aromatic nitrogens is 3. The number of rotatable bonds is 4. The molecule has 1 saturated carbocycles. The fourth-order valence-electron chi connectivity index (χ4n) is 4.78. The van der Waals surface area contributed by atoms with E-state index in [1.54, 1.807) is 4.57 Å². The molecule has 7 heteroatoms. The SMILES string of the molecule is Cc1ccccc1CC(=O)N1CC[C@]2(Cc3nn(CC4CC4)c(=O)c(=O)n3C2)C1. The molecule has 3 aliphatic rings. The first-order chi connectivity index (χ1) is 13.9. The Morgan fingerprint density at radius 1 is 1.17 bits per heavy atom. The summed E-state index contributed by atoms with van der Waals surface area (Å²) in [5, 5.41) is 4.53. The first-order valence-corrected chi connectivity index (χ1v) is 10.5. The van der Waals surface area contributed by atoms with Crippen LogP contribution in [0.25, 0.3) is 0 Å². The van der Waals surface area contributed by atoms with Crippen molar-refractivity contribution in [2.45, 2.75) is 52.1 Å². The molecule has 5 rings (SSSR count). The Labute approximate surface area is 169 Å². The van der Waals surface area contributed by atoms with Gasteiger partial charge >= 0.3 is 11.1 Å². The van der Waals surface area contributed by atoms with Crippen LogP contribution in [0.5, 0.6) is 0 Å². The fraction of sp³-hybridized carbons (Fsp3) is 0.545. The van der Waals surface area contributed by atoms with Crippen molar-refractivity contribution in [3.05, 3.63) is 61.9 Å². The van der Waals surface area contributed by atoms with Crippen molar-refractivity contribution in [3.8, 4) is 0 Å². The molecule has 152 valence electrons. The predicted molar refractivity (Wildman–Crippen MR) is 108 cm³/mol. The van der Waals surface area contributed by atoms with Crippen LogP contribution in [0.4, 0.5) is 0 Å². The molecule has 0 N–H and O–H groups in total. The highest BCUT2D eigenvalue weighted by Gasteiger charge is 2.46. The minimum absolute atomic E-state index is 0.126. The third-order valence-electron chi connectivity index (χ3n) is 6.76. The van der Waals surface area contributed by atoms with Crippen LogP contribution in [0.1, 0.15) is 36.2 Å². The average Bonchev–Trinajstić information content (AvgIpc) is 3.31. The van der Waals surface area contributed by atoms with Gasteiger partial charge in [0.15, 0.2) is 0 Å². The van der Waals surface area contributed by atoms with Gasteiger partial charge in [-0.05, 0) is 43.2 Å². The lowest BCUT2D eigenvalue weighted by atomic mass is 9.86. The first-order valence-electron chi connectivity index (χ1n) is 10.5. The maximum absolute atomic E-state index is 12.9. The summed E-state index contributed by atoms with van der Waals surface area (Å²) in [5.74, 6) is 1.31. The van der Waals surface area contributed by atoms with Gasteiger partial charge in [0.1, 0.15) is 5.82 Å². The Morgan fingerprint density at radius 2 is 1.97 bits per heavy atom. The van der Waals surface area contributed by atoms with Crippen molar-refractivity contribution in [2.75, 3.05) is 13.1 Å². The Morgan fingerprint density at radius 3 is 2.72 bits per heavy atom. The van der Waals surface area contributed by atoms with Gasteiger partial charge < -0.3 is 4.90 Å². The molecule has 1 aliphatic carbocycles. The zero-order chi connectivity index (χ0) is 20.2. The quantitative estimate of drug-likeness (QED) is 0.729. The molecule has 7 nitrogen and oxygen atoms in total. The first kappa shape index (κ1) is 18.3. The molecule has 0 radical (unpaired) electrons. The maximum Gasteiger partial charge on any atom is 0.332 e. The smallest absolute Gasteiger partial charge is 0.332 e. The molecule has 1 aromatic heterocycles. The van der Waals surface area contributed by atoms with E-state index in [0.29, 0.717) is 50.8 Å². The predicted octanol–water partition coefficient (Wildman–Crippen LogP) is 1.14. The summed E-state index contributed by atoms with van der Waals surface area (Å²) in [6, 6.07) is 7.97. The van der Waals surface area contributed by atoms with Crippen molar-refractivity contribution >= 4 is 5.91 Å². The fourth-order valence-corrected chi connectivity index (χ4v) is 4.78. The number of amides is 1. The number of hydrogen-bond acceptors (Lipinski definition) is 4. The van der Waals surface area contributed by atoms with Crippen LogP contribution in [-0.2, 0) is 30.7 Å². The van der Waals surface area contributed by atoms with Gasteiger partial charge in [-0.2, -0.15) is 5.10 Å². The molecule has 2 aliphatic heterocycles. The number of nitrogens with zero attached hydrogens (tertiary/aromatic N) is 4. The van der Waals surface area contributed by atoms with Crippen LogP contribution in [0, 0.1) is 18.3 Å². The summed E-state index contributed by atoms with van der Waals surface area (Å²) in [4.78, 5) is 39.8. The molecule has 1 saturated heterocycles. The van der Waals surface area contributed by atoms with Gasteiger partial charge in [0.25, 0.3) is 0 Å². The van der Waals surface area contributed by atoms with E-state index in [0.717, 1.165) is 30.4 Å². The number of benzene rings is 1. The molecule has 1 aromatic carbocycles. The number of carbonyl (C=O) groups is 1. The molecule has 0 unspecified atom stereocenters. The van der Waals surface area contributed by atoms with E-state index in [1.807, 2.05) is 36.1 Å². The highest BCUT2D eigenvalue weighted by molar-refractivity contribution is 5.79. The second kappa shape index (κ2) is 6.68. The van der Waals surface area contributed by atoms with E-state index in [1.165, 1.54) is 4.68 Å². The Hall–Kier alpha value is -2.70. The number of fused-ring (bicyclic) bond motifs is 1. The van der Waals surface area contributed by atoms with E-state index in [9.17, 15) is 14.4 Å². The number of likely N-dealkylation sites (tertiary alicyclic amines) is 1. The summed E-state index contributed by atoms with van der Waals surface area (Å²) in [5.41, 5.74) is 1.04. The Balaban J connectivity index is 1.33. The highest BCUT2D eigenvalue weighted by Crippen LogP contribution is 2.39. The second-order valence-electron chi connectivity index (χ2n) is 9.08. The van der Waals surface area contributed by atoms with Gasteiger partial charge in [0.2, 0.25) is 5.91 Å². The van der Waals surface area contributed by atoms with E-state index in [-0.39, 0.29) is 11.3 Å². The minimum atomic E-state index is -0.511. The molecule has 3 heterocycles. The van der Waals surface area contributed by atoms with Crippen LogP contribution < -0.4 is 11.1 Å². The van der Waals surface area contributed by atoms with Gasteiger partial charge in [0, 0.05) is 38.0 Å². The third kappa shape index (κ3) is 3.32. The van der Waals surface area contributed by atoms with Gasteiger partial charge in [-0.1, -0.05) is 24.3 Å². The summed E-state index contributed by atoms with van der Waals surface area (Å²) < 4.78 is 2.93. The van der Waals surface area contributed by atoms with Crippen molar-refractivity contribution in [1.82, 2.24) is 19.2 Å². The molecule has 2 fully saturated rings. The summed E-state index contributed by atoms with van der Waals surface area (Å²) in [6.45, 7) is 4.38. The van der Waals surface area contributed by atoms with Crippen LogP contribution in [0.3, 0.4) is 0 Å². The maximum atomic E-state index is 12.9. The topological polar surface area (TPSA) is 77.2 Å². The van der Waals surface area contributed by atoms with Crippen molar-refractivity contribution < 1.29 is 4.79 Å². The lowest BCUT2D eigenvalue weighted by molar-refractivity contribution is -0.129. The summed E-state index contributed by atoms with van der Waals surface area (Å²) in [6.07, 6.45) is 4.11. The van der Waals surface area contributed by atoms with E-state index < -0.39 is 11.1 Å². The largest absolute Gasteiger partial charge is 0.342 e. The molecule has 1 atom stereocenters. The lowest BCUT2D eigenvalue weighted by Crippen LogP contribution is -2.43. The van der Waals surface area contributed by atoms with Gasteiger partial charge in [-0.25, -0.2) is 4.68 Å². The average molecular weight is 394 g/mol. The van der Waals surface area contributed by atoms with Crippen LogP contribution in [0.15, 0.2) is 33.9 Å². The van der Waals surface area contributed by atoms with Gasteiger partial charge in [-0.3, -0.25) is 19.0 Å². The number of carbonyl (C=O) groups excluding carboxylic acids is 1. The molecular formula is C22H26N4O3. The standard InChI is InChI=1S/C22H26N4O3/c1-15-4-2-3-5-17(15)10-19(27)24-9-8-22(13-24)11-18-23-26(12-16-6-7-16)21(29)20(28)25(18)14-22/h2-5,16H,6-14H2,1H3/t22-/m0/s1.